The number of sulfone groups is 1. The molecule has 1 aromatic rings. The van der Waals surface area contributed by atoms with Gasteiger partial charge in [-0.25, -0.2) is 8.42 Å². The fourth-order valence-electron chi connectivity index (χ4n) is 3.28. The molecular weight excluding hydrogens is 286 g/mol. The first-order valence-corrected chi connectivity index (χ1v) is 9.46. The van der Waals surface area contributed by atoms with Crippen LogP contribution in [0, 0.1) is 0 Å². The first kappa shape index (κ1) is 14.8. The van der Waals surface area contributed by atoms with Gasteiger partial charge in [-0.1, -0.05) is 0 Å². The maximum absolute atomic E-state index is 11.8. The monoisotopic (exact) mass is 309 g/mol. The van der Waals surface area contributed by atoms with Crippen LogP contribution in [0.1, 0.15) is 25.7 Å². The van der Waals surface area contributed by atoms with Crippen molar-refractivity contribution in [1.82, 2.24) is 10.3 Å². The van der Waals surface area contributed by atoms with Gasteiger partial charge in [-0.2, -0.15) is 0 Å². The van der Waals surface area contributed by atoms with Crippen LogP contribution in [0.4, 0.5) is 5.69 Å². The summed E-state index contributed by atoms with van der Waals surface area (Å²) in [5, 5.41) is 3.32. The number of hydrogen-bond donors (Lipinski definition) is 1. The first-order valence-electron chi connectivity index (χ1n) is 7.75. The van der Waals surface area contributed by atoms with Crippen molar-refractivity contribution >= 4 is 15.5 Å². The van der Waals surface area contributed by atoms with E-state index >= 15 is 0 Å². The topological polar surface area (TPSA) is 62.3 Å². The highest BCUT2D eigenvalue weighted by molar-refractivity contribution is 7.92. The van der Waals surface area contributed by atoms with E-state index in [0.29, 0.717) is 18.3 Å². The summed E-state index contributed by atoms with van der Waals surface area (Å²) in [5.41, 5.74) is 1.22. The molecule has 6 heteroatoms. The van der Waals surface area contributed by atoms with E-state index in [1.165, 1.54) is 5.69 Å². The molecule has 21 heavy (non-hydrogen) atoms. The van der Waals surface area contributed by atoms with Gasteiger partial charge in [-0.05, 0) is 37.8 Å². The second kappa shape index (κ2) is 6.32. The quantitative estimate of drug-likeness (QED) is 0.906. The Balaban J connectivity index is 1.46. The highest BCUT2D eigenvalue weighted by atomic mass is 32.2. The molecule has 1 unspecified atom stereocenters. The van der Waals surface area contributed by atoms with Crippen molar-refractivity contribution in [3.63, 3.8) is 0 Å². The standard InChI is InChI=1S/C15H23N3O2S/c19-21(20)11-1-2-15(21)12-17-13-5-9-18(10-6-13)14-3-7-16-8-4-14/h3-4,7-8,13,15,17H,1-2,5-6,9-12H2. The molecule has 3 rings (SSSR count). The van der Waals surface area contributed by atoms with Crippen LogP contribution in [0.3, 0.4) is 0 Å². The summed E-state index contributed by atoms with van der Waals surface area (Å²) in [4.78, 5) is 6.41. The zero-order chi connectivity index (χ0) is 14.7. The summed E-state index contributed by atoms with van der Waals surface area (Å²) < 4.78 is 23.6. The molecule has 0 aromatic carbocycles. The highest BCUT2D eigenvalue weighted by Gasteiger charge is 2.31. The largest absolute Gasteiger partial charge is 0.371 e. The fourth-order valence-corrected chi connectivity index (χ4v) is 5.06. The third-order valence-electron chi connectivity index (χ3n) is 4.62. The van der Waals surface area contributed by atoms with Gasteiger partial charge in [0.25, 0.3) is 0 Å². The molecule has 2 saturated heterocycles. The third-order valence-corrected chi connectivity index (χ3v) is 6.90. The van der Waals surface area contributed by atoms with Crippen molar-refractivity contribution in [2.45, 2.75) is 37.0 Å². The number of nitrogens with one attached hydrogen (secondary N) is 1. The molecule has 1 atom stereocenters. The van der Waals surface area contributed by atoms with Crippen LogP contribution in [-0.2, 0) is 9.84 Å². The Bertz CT molecular complexity index is 554. The molecule has 2 aliphatic rings. The molecule has 2 aliphatic heterocycles. The van der Waals surface area contributed by atoms with Crippen LogP contribution in [0.5, 0.6) is 0 Å². The SMILES string of the molecule is O=S1(=O)CCCC1CNC1CCN(c2ccncc2)CC1. The summed E-state index contributed by atoms with van der Waals surface area (Å²) in [5.74, 6) is 0.375. The van der Waals surface area contributed by atoms with Gasteiger partial charge in [0.05, 0.1) is 11.0 Å². The van der Waals surface area contributed by atoms with Crippen molar-refractivity contribution in [2.24, 2.45) is 0 Å². The Hall–Kier alpha value is -1.14. The Morgan fingerprint density at radius 1 is 1.19 bits per heavy atom. The van der Waals surface area contributed by atoms with Gasteiger partial charge in [0, 0.05) is 43.8 Å². The van der Waals surface area contributed by atoms with Crippen molar-refractivity contribution in [3.05, 3.63) is 24.5 Å². The van der Waals surface area contributed by atoms with E-state index < -0.39 is 9.84 Å². The molecule has 5 nitrogen and oxygen atoms in total. The smallest absolute Gasteiger partial charge is 0.154 e. The Morgan fingerprint density at radius 3 is 2.52 bits per heavy atom. The van der Waals surface area contributed by atoms with E-state index in [0.717, 1.165) is 38.8 Å². The summed E-state index contributed by atoms with van der Waals surface area (Å²) in [6.45, 7) is 2.65. The zero-order valence-electron chi connectivity index (χ0n) is 12.2. The summed E-state index contributed by atoms with van der Waals surface area (Å²) in [7, 11) is -2.82. The van der Waals surface area contributed by atoms with Gasteiger partial charge >= 0.3 is 0 Å². The Morgan fingerprint density at radius 2 is 1.90 bits per heavy atom. The van der Waals surface area contributed by atoms with E-state index in [1.807, 2.05) is 24.5 Å². The minimum atomic E-state index is -2.82. The van der Waals surface area contributed by atoms with Gasteiger partial charge in [-0.3, -0.25) is 4.98 Å². The fraction of sp³-hybridized carbons (Fsp3) is 0.667. The molecule has 116 valence electrons. The first-order chi connectivity index (χ1) is 10.1. The lowest BCUT2D eigenvalue weighted by Crippen LogP contribution is -2.45. The highest BCUT2D eigenvalue weighted by Crippen LogP contribution is 2.21. The Kier molecular flexibility index (Phi) is 4.45. The average Bonchev–Trinajstić information content (AvgIpc) is 2.85. The van der Waals surface area contributed by atoms with E-state index in [9.17, 15) is 8.42 Å². The van der Waals surface area contributed by atoms with E-state index in [2.05, 4.69) is 15.2 Å². The third kappa shape index (κ3) is 3.55. The maximum atomic E-state index is 11.8. The van der Waals surface area contributed by atoms with Crippen molar-refractivity contribution in [3.8, 4) is 0 Å². The van der Waals surface area contributed by atoms with E-state index in [4.69, 9.17) is 0 Å². The van der Waals surface area contributed by atoms with Crippen LogP contribution >= 0.6 is 0 Å². The predicted octanol–water partition coefficient (Wildman–Crippen LogP) is 1.22. The normalized spacial score (nSPS) is 26.1. The molecule has 3 heterocycles. The second-order valence-electron chi connectivity index (χ2n) is 6.01. The van der Waals surface area contributed by atoms with Crippen LogP contribution in [0.2, 0.25) is 0 Å². The summed E-state index contributed by atoms with van der Waals surface area (Å²) >= 11 is 0. The maximum Gasteiger partial charge on any atom is 0.154 e. The summed E-state index contributed by atoms with van der Waals surface area (Å²) in [6.07, 6.45) is 7.43. The molecule has 1 aromatic heterocycles. The predicted molar refractivity (Wildman–Crippen MR) is 84.3 cm³/mol. The molecule has 0 saturated carbocycles. The van der Waals surface area contributed by atoms with Crippen LogP contribution in [-0.4, -0.2) is 50.1 Å². The van der Waals surface area contributed by atoms with Gasteiger partial charge in [0.15, 0.2) is 9.84 Å². The molecule has 0 radical (unpaired) electrons. The molecule has 0 spiro atoms. The van der Waals surface area contributed by atoms with Crippen molar-refractivity contribution in [2.75, 3.05) is 30.3 Å². The molecule has 2 fully saturated rings. The molecule has 0 bridgehead atoms. The van der Waals surface area contributed by atoms with Crippen LogP contribution in [0.25, 0.3) is 0 Å². The van der Waals surface area contributed by atoms with Crippen LogP contribution in [0.15, 0.2) is 24.5 Å². The molecular formula is C15H23N3O2S. The van der Waals surface area contributed by atoms with Crippen molar-refractivity contribution < 1.29 is 8.42 Å². The van der Waals surface area contributed by atoms with Gasteiger partial charge in [0.2, 0.25) is 0 Å². The number of anilines is 1. The summed E-state index contributed by atoms with van der Waals surface area (Å²) in [6, 6.07) is 4.52. The van der Waals surface area contributed by atoms with Crippen LogP contribution < -0.4 is 10.2 Å². The molecule has 1 N–H and O–H groups in total. The van der Waals surface area contributed by atoms with Gasteiger partial charge in [-0.15, -0.1) is 0 Å². The lowest BCUT2D eigenvalue weighted by atomic mass is 10.0. The molecule has 0 aliphatic carbocycles. The number of piperidine rings is 1. The average molecular weight is 309 g/mol. The second-order valence-corrected chi connectivity index (χ2v) is 8.41. The number of rotatable bonds is 4. The lowest BCUT2D eigenvalue weighted by molar-refractivity contribution is 0.412. The van der Waals surface area contributed by atoms with Gasteiger partial charge in [0.1, 0.15) is 0 Å². The molecule has 0 amide bonds. The number of aromatic nitrogens is 1. The van der Waals surface area contributed by atoms with E-state index in [1.54, 1.807) is 0 Å². The minimum Gasteiger partial charge on any atom is -0.371 e. The number of nitrogens with zero attached hydrogens (tertiary/aromatic N) is 2. The minimum absolute atomic E-state index is 0.157. The van der Waals surface area contributed by atoms with Crippen molar-refractivity contribution in [1.29, 1.82) is 0 Å². The zero-order valence-corrected chi connectivity index (χ0v) is 13.1. The number of pyridine rings is 1. The van der Waals surface area contributed by atoms with Gasteiger partial charge < -0.3 is 10.2 Å². The Labute approximate surface area is 126 Å². The number of hydrogen-bond acceptors (Lipinski definition) is 5. The lowest BCUT2D eigenvalue weighted by Gasteiger charge is -2.34. The van der Waals surface area contributed by atoms with E-state index in [-0.39, 0.29) is 5.25 Å².